The zero-order valence-corrected chi connectivity index (χ0v) is 14.4. The second-order valence-electron chi connectivity index (χ2n) is 5.69. The topological polar surface area (TPSA) is 64.8 Å². The van der Waals surface area contributed by atoms with E-state index in [1.807, 2.05) is 0 Å². The maximum atomic E-state index is 12.3. The number of ether oxygens (including phenoxy) is 2. The first-order valence-corrected chi connectivity index (χ1v) is 8.21. The SMILES string of the molecule is COc1ccc(C(=O)CCCN2CC[C](N)C(Cl)C2)cc1OC. The van der Waals surface area contributed by atoms with Crippen LogP contribution in [0, 0.1) is 6.04 Å². The highest BCUT2D eigenvalue weighted by Crippen LogP contribution is 2.28. The van der Waals surface area contributed by atoms with E-state index in [2.05, 4.69) is 4.90 Å². The summed E-state index contributed by atoms with van der Waals surface area (Å²) in [5, 5.41) is -0.0784. The van der Waals surface area contributed by atoms with Crippen molar-refractivity contribution < 1.29 is 14.3 Å². The summed E-state index contributed by atoms with van der Waals surface area (Å²) in [6.45, 7) is 2.53. The van der Waals surface area contributed by atoms with E-state index < -0.39 is 0 Å². The highest BCUT2D eigenvalue weighted by Gasteiger charge is 2.25. The molecule has 0 aromatic heterocycles. The van der Waals surface area contributed by atoms with Gasteiger partial charge in [0, 0.05) is 25.1 Å². The Bertz CT molecular complexity index is 539. The molecule has 6 heteroatoms. The van der Waals surface area contributed by atoms with Gasteiger partial charge in [0.15, 0.2) is 17.3 Å². The summed E-state index contributed by atoms with van der Waals surface area (Å²) in [5.74, 6) is 1.31. The molecule has 1 atom stereocenters. The van der Waals surface area contributed by atoms with Gasteiger partial charge in [0.05, 0.1) is 25.6 Å². The molecule has 0 aliphatic carbocycles. The lowest BCUT2D eigenvalue weighted by atomic mass is 10.0. The molecule has 2 rings (SSSR count). The molecule has 1 unspecified atom stereocenters. The molecule has 1 aromatic rings. The fourth-order valence-electron chi connectivity index (χ4n) is 2.70. The molecule has 1 aliphatic heterocycles. The number of carbonyl (C=O) groups excluding carboxylic acids is 1. The molecular weight excluding hydrogens is 316 g/mol. The first-order valence-electron chi connectivity index (χ1n) is 7.78. The maximum Gasteiger partial charge on any atom is 0.163 e. The Morgan fingerprint density at radius 3 is 2.74 bits per heavy atom. The van der Waals surface area contributed by atoms with Crippen molar-refractivity contribution in [3.63, 3.8) is 0 Å². The van der Waals surface area contributed by atoms with Gasteiger partial charge in [0.2, 0.25) is 0 Å². The minimum absolute atomic E-state index is 0.0784. The van der Waals surface area contributed by atoms with Crippen LogP contribution in [0.3, 0.4) is 0 Å². The number of Topliss-reactive ketones (excluding diaryl/α,β-unsaturated/α-hetero) is 1. The van der Waals surface area contributed by atoms with Crippen LogP contribution in [0.25, 0.3) is 0 Å². The fraction of sp³-hybridized carbons (Fsp3) is 0.529. The van der Waals surface area contributed by atoms with Gasteiger partial charge in [-0.05, 0) is 37.6 Å². The first-order chi connectivity index (χ1) is 11.0. The Kier molecular flexibility index (Phi) is 6.69. The summed E-state index contributed by atoms with van der Waals surface area (Å²) >= 11 is 6.16. The minimum atomic E-state index is -0.0784. The van der Waals surface area contributed by atoms with E-state index in [4.69, 9.17) is 26.8 Å². The van der Waals surface area contributed by atoms with Crippen LogP contribution in [0.4, 0.5) is 0 Å². The first kappa shape index (κ1) is 18.0. The van der Waals surface area contributed by atoms with Crippen molar-refractivity contribution in [1.29, 1.82) is 0 Å². The number of hydrogen-bond donors (Lipinski definition) is 1. The molecule has 127 valence electrons. The third kappa shape index (κ3) is 4.83. The highest BCUT2D eigenvalue weighted by molar-refractivity contribution is 6.22. The van der Waals surface area contributed by atoms with Crippen molar-refractivity contribution in [3.05, 3.63) is 29.8 Å². The average molecular weight is 340 g/mol. The zero-order valence-electron chi connectivity index (χ0n) is 13.7. The number of carbonyl (C=O) groups is 1. The number of piperidine rings is 1. The molecule has 2 N–H and O–H groups in total. The van der Waals surface area contributed by atoms with Crippen LogP contribution in [-0.2, 0) is 0 Å². The second-order valence-corrected chi connectivity index (χ2v) is 6.22. The van der Waals surface area contributed by atoms with Gasteiger partial charge in [-0.15, -0.1) is 11.6 Å². The van der Waals surface area contributed by atoms with E-state index in [1.165, 1.54) is 0 Å². The molecule has 0 saturated carbocycles. The van der Waals surface area contributed by atoms with Crippen LogP contribution in [0.15, 0.2) is 18.2 Å². The number of halogens is 1. The molecule has 1 aromatic carbocycles. The molecule has 1 saturated heterocycles. The number of hydrogen-bond acceptors (Lipinski definition) is 5. The molecule has 0 bridgehead atoms. The van der Waals surface area contributed by atoms with Crippen molar-refractivity contribution in [2.45, 2.75) is 24.6 Å². The van der Waals surface area contributed by atoms with Gasteiger partial charge in [0.1, 0.15) is 0 Å². The van der Waals surface area contributed by atoms with Gasteiger partial charge in [0.25, 0.3) is 0 Å². The quantitative estimate of drug-likeness (QED) is 0.610. The molecular formula is C17H24ClN2O3. The van der Waals surface area contributed by atoms with Gasteiger partial charge in [-0.1, -0.05) is 0 Å². The molecule has 5 nitrogen and oxygen atoms in total. The van der Waals surface area contributed by atoms with Crippen LogP contribution < -0.4 is 15.2 Å². The van der Waals surface area contributed by atoms with Crippen LogP contribution >= 0.6 is 11.6 Å². The van der Waals surface area contributed by atoms with E-state index >= 15 is 0 Å². The third-order valence-electron chi connectivity index (χ3n) is 4.12. The zero-order chi connectivity index (χ0) is 16.8. The largest absolute Gasteiger partial charge is 0.493 e. The van der Waals surface area contributed by atoms with Gasteiger partial charge < -0.3 is 20.1 Å². The van der Waals surface area contributed by atoms with E-state index in [0.717, 1.165) is 38.5 Å². The normalized spacial score (nSPS) is 19.6. The van der Waals surface area contributed by atoms with E-state index in [1.54, 1.807) is 32.4 Å². The van der Waals surface area contributed by atoms with Gasteiger partial charge in [-0.3, -0.25) is 4.79 Å². The predicted molar refractivity (Wildman–Crippen MR) is 91.2 cm³/mol. The maximum absolute atomic E-state index is 12.3. The smallest absolute Gasteiger partial charge is 0.163 e. The Balaban J connectivity index is 1.83. The lowest BCUT2D eigenvalue weighted by Gasteiger charge is -2.33. The predicted octanol–water partition coefficient (Wildman–Crippen LogP) is 2.47. The number of methoxy groups -OCH3 is 2. The summed E-state index contributed by atoms with van der Waals surface area (Å²) in [6.07, 6.45) is 2.13. The summed E-state index contributed by atoms with van der Waals surface area (Å²) in [7, 11) is 3.14. The molecule has 1 radical (unpaired) electrons. The van der Waals surface area contributed by atoms with E-state index in [9.17, 15) is 4.79 Å². The van der Waals surface area contributed by atoms with Crippen molar-refractivity contribution in [3.8, 4) is 11.5 Å². The third-order valence-corrected chi connectivity index (χ3v) is 4.54. The molecule has 1 heterocycles. The fourth-order valence-corrected chi connectivity index (χ4v) is 3.00. The standard InChI is InChI=1S/C17H24ClN2O3/c1-22-16-6-5-12(10-17(16)23-2)15(21)4-3-8-20-9-7-14(19)13(18)11-20/h5-6,10,13H,3-4,7-9,11,19H2,1-2H3. The average Bonchev–Trinajstić information content (AvgIpc) is 2.57. The molecule has 23 heavy (non-hydrogen) atoms. The molecule has 1 aliphatic rings. The van der Waals surface area contributed by atoms with Gasteiger partial charge >= 0.3 is 0 Å². The number of benzene rings is 1. The van der Waals surface area contributed by atoms with E-state index in [-0.39, 0.29) is 11.2 Å². The van der Waals surface area contributed by atoms with Crippen LogP contribution in [-0.4, -0.2) is 49.9 Å². The van der Waals surface area contributed by atoms with Crippen molar-refractivity contribution in [1.82, 2.24) is 4.90 Å². The summed E-state index contributed by atoms with van der Waals surface area (Å²) in [4.78, 5) is 14.6. The second kappa shape index (κ2) is 8.52. The van der Waals surface area contributed by atoms with Gasteiger partial charge in [-0.25, -0.2) is 0 Å². The van der Waals surface area contributed by atoms with Crippen molar-refractivity contribution >= 4 is 17.4 Å². The highest BCUT2D eigenvalue weighted by atomic mass is 35.5. The Morgan fingerprint density at radius 2 is 2.09 bits per heavy atom. The number of likely N-dealkylation sites (tertiary alicyclic amines) is 1. The minimum Gasteiger partial charge on any atom is -0.493 e. The number of nitrogens with two attached hydrogens (primary N) is 1. The van der Waals surface area contributed by atoms with Crippen molar-refractivity contribution in [2.75, 3.05) is 33.9 Å². The Morgan fingerprint density at radius 1 is 1.35 bits per heavy atom. The number of nitrogens with zero attached hydrogens (tertiary/aromatic N) is 1. The summed E-state index contributed by atoms with van der Waals surface area (Å²) in [5.41, 5.74) is 6.47. The molecule has 0 amide bonds. The van der Waals surface area contributed by atoms with Crippen molar-refractivity contribution in [2.24, 2.45) is 5.73 Å². The Hall–Kier alpha value is -1.30. The monoisotopic (exact) mass is 339 g/mol. The van der Waals surface area contributed by atoms with Crippen LogP contribution in [0.5, 0.6) is 11.5 Å². The summed E-state index contributed by atoms with van der Waals surface area (Å²) in [6, 6.07) is 6.12. The number of alkyl halides is 1. The summed E-state index contributed by atoms with van der Waals surface area (Å²) < 4.78 is 10.4. The lowest BCUT2D eigenvalue weighted by molar-refractivity contribution is 0.0973. The van der Waals surface area contributed by atoms with E-state index in [0.29, 0.717) is 23.5 Å². The van der Waals surface area contributed by atoms with Crippen LogP contribution in [0.1, 0.15) is 29.6 Å². The lowest BCUT2D eigenvalue weighted by Crippen LogP contribution is -2.43. The molecule has 0 spiro atoms. The van der Waals surface area contributed by atoms with Gasteiger partial charge in [-0.2, -0.15) is 0 Å². The number of ketones is 1. The number of rotatable bonds is 7. The Labute approximate surface area is 142 Å². The van der Waals surface area contributed by atoms with Crippen LogP contribution in [0.2, 0.25) is 0 Å². The molecule has 1 fully saturated rings.